The lowest BCUT2D eigenvalue weighted by atomic mass is 10.1. The van der Waals surface area contributed by atoms with Crippen LogP contribution >= 0.6 is 0 Å². The number of carboxylic acids is 1. The number of carbonyl (C=O) groups excluding carboxylic acids is 1. The number of aliphatic carboxylic acids is 1. The number of carboxylic acid groups (broad SMARTS) is 1. The molecule has 1 rings (SSSR count). The summed E-state index contributed by atoms with van der Waals surface area (Å²) in [5.74, 6) is -1.31. The van der Waals surface area contributed by atoms with Crippen molar-refractivity contribution in [3.8, 4) is 0 Å². The summed E-state index contributed by atoms with van der Waals surface area (Å²) in [6, 6.07) is -0.804. The minimum absolute atomic E-state index is 0.315. The lowest BCUT2D eigenvalue weighted by Crippen LogP contribution is -2.42. The number of aromatic nitrogens is 2. The van der Waals surface area contributed by atoms with E-state index in [2.05, 4.69) is 5.10 Å². The lowest BCUT2D eigenvalue weighted by molar-refractivity contribution is -0.142. The molecule has 1 unspecified atom stereocenters. The Balaban J connectivity index is 2.97. The predicted molar refractivity (Wildman–Crippen MR) is 61.8 cm³/mol. The Morgan fingerprint density at radius 3 is 2.53 bits per heavy atom. The van der Waals surface area contributed by atoms with Crippen LogP contribution in [-0.4, -0.2) is 44.8 Å². The maximum Gasteiger partial charge on any atom is 0.326 e. The van der Waals surface area contributed by atoms with E-state index in [-0.39, 0.29) is 5.91 Å². The predicted octanol–water partition coefficient (Wildman–Crippen LogP) is 0.664. The van der Waals surface area contributed by atoms with Crippen LogP contribution in [0, 0.1) is 6.92 Å². The Kier molecular flexibility index (Phi) is 3.88. The highest BCUT2D eigenvalue weighted by atomic mass is 16.4. The van der Waals surface area contributed by atoms with Crippen LogP contribution in [0.25, 0.3) is 0 Å². The van der Waals surface area contributed by atoms with Crippen LogP contribution in [0.2, 0.25) is 0 Å². The monoisotopic (exact) mass is 239 g/mol. The van der Waals surface area contributed by atoms with E-state index >= 15 is 0 Å². The Morgan fingerprint density at radius 1 is 1.59 bits per heavy atom. The molecule has 0 saturated heterocycles. The summed E-state index contributed by atoms with van der Waals surface area (Å²) < 4.78 is 1.59. The van der Waals surface area contributed by atoms with Gasteiger partial charge in [0.1, 0.15) is 6.04 Å². The van der Waals surface area contributed by atoms with Gasteiger partial charge in [0.2, 0.25) is 0 Å². The molecule has 17 heavy (non-hydrogen) atoms. The van der Waals surface area contributed by atoms with Crippen LogP contribution in [0.1, 0.15) is 29.4 Å². The molecule has 0 bridgehead atoms. The van der Waals surface area contributed by atoms with E-state index in [4.69, 9.17) is 5.11 Å². The third kappa shape index (κ3) is 2.46. The van der Waals surface area contributed by atoms with Gasteiger partial charge >= 0.3 is 5.97 Å². The maximum absolute atomic E-state index is 12.1. The van der Waals surface area contributed by atoms with Gasteiger partial charge in [-0.15, -0.1) is 0 Å². The van der Waals surface area contributed by atoms with Crippen molar-refractivity contribution < 1.29 is 14.7 Å². The van der Waals surface area contributed by atoms with Crippen LogP contribution in [0.3, 0.4) is 0 Å². The highest BCUT2D eigenvalue weighted by Gasteiger charge is 2.27. The first-order chi connectivity index (χ1) is 7.90. The molecule has 6 nitrogen and oxygen atoms in total. The third-order valence-corrected chi connectivity index (χ3v) is 2.93. The molecule has 1 amide bonds. The van der Waals surface area contributed by atoms with Gasteiger partial charge in [-0.3, -0.25) is 9.48 Å². The molecule has 0 fully saturated rings. The second kappa shape index (κ2) is 4.99. The zero-order chi connectivity index (χ0) is 13.2. The molecule has 1 aromatic rings. The van der Waals surface area contributed by atoms with Gasteiger partial charge in [0.15, 0.2) is 0 Å². The van der Waals surface area contributed by atoms with E-state index in [1.807, 2.05) is 0 Å². The molecule has 0 aliphatic heterocycles. The number of carbonyl (C=O) groups is 2. The fourth-order valence-corrected chi connectivity index (χ4v) is 1.65. The molecule has 0 saturated carbocycles. The zero-order valence-corrected chi connectivity index (χ0v) is 10.5. The molecular formula is C11H17N3O3. The topological polar surface area (TPSA) is 75.4 Å². The van der Waals surface area contributed by atoms with E-state index < -0.39 is 12.0 Å². The molecule has 1 atom stereocenters. The Morgan fingerprint density at radius 2 is 2.18 bits per heavy atom. The van der Waals surface area contributed by atoms with Crippen molar-refractivity contribution in [3.05, 3.63) is 17.5 Å². The fourth-order valence-electron chi connectivity index (χ4n) is 1.65. The van der Waals surface area contributed by atoms with E-state index in [9.17, 15) is 9.59 Å². The molecule has 0 aliphatic rings. The summed E-state index contributed by atoms with van der Waals surface area (Å²) in [4.78, 5) is 24.3. The van der Waals surface area contributed by atoms with Crippen molar-refractivity contribution in [2.75, 3.05) is 7.05 Å². The lowest BCUT2D eigenvalue weighted by Gasteiger charge is -2.23. The standard InChI is InChI=1S/C11H17N3O3/c1-5-9(11(16)17)13(3)10(15)8-6-12-14(4)7(8)2/h6,9H,5H2,1-4H3,(H,16,17). The minimum Gasteiger partial charge on any atom is -0.480 e. The Bertz CT molecular complexity index is 439. The summed E-state index contributed by atoms with van der Waals surface area (Å²) in [6.45, 7) is 3.51. The SMILES string of the molecule is CCC(C(=O)O)N(C)C(=O)c1cnn(C)c1C. The third-order valence-electron chi connectivity index (χ3n) is 2.93. The van der Waals surface area contributed by atoms with Crippen LogP contribution in [0.5, 0.6) is 0 Å². The van der Waals surface area contributed by atoms with Gasteiger partial charge in [-0.1, -0.05) is 6.92 Å². The molecule has 0 aliphatic carbocycles. The van der Waals surface area contributed by atoms with Crippen LogP contribution < -0.4 is 0 Å². The average molecular weight is 239 g/mol. The molecule has 1 heterocycles. The molecule has 94 valence electrons. The molecule has 6 heteroatoms. The molecular weight excluding hydrogens is 222 g/mol. The van der Waals surface area contributed by atoms with Crippen molar-refractivity contribution in [3.63, 3.8) is 0 Å². The van der Waals surface area contributed by atoms with Crippen molar-refractivity contribution in [1.29, 1.82) is 0 Å². The number of rotatable bonds is 4. The maximum atomic E-state index is 12.1. The summed E-state index contributed by atoms with van der Waals surface area (Å²) in [5, 5.41) is 13.0. The highest BCUT2D eigenvalue weighted by molar-refractivity contribution is 5.97. The quantitative estimate of drug-likeness (QED) is 0.837. The molecule has 0 spiro atoms. The van der Waals surface area contributed by atoms with Crippen LogP contribution in [0.4, 0.5) is 0 Å². The van der Waals surface area contributed by atoms with Gasteiger partial charge in [-0.2, -0.15) is 5.10 Å². The number of hydrogen-bond acceptors (Lipinski definition) is 3. The first-order valence-corrected chi connectivity index (χ1v) is 5.38. The summed E-state index contributed by atoms with van der Waals surface area (Å²) in [6.07, 6.45) is 1.83. The smallest absolute Gasteiger partial charge is 0.326 e. The summed E-state index contributed by atoms with van der Waals surface area (Å²) in [5.41, 5.74) is 1.16. The van der Waals surface area contributed by atoms with E-state index in [1.54, 1.807) is 25.6 Å². The van der Waals surface area contributed by atoms with Gasteiger partial charge in [0.05, 0.1) is 11.8 Å². The van der Waals surface area contributed by atoms with Gasteiger partial charge in [-0.05, 0) is 13.3 Å². The second-order valence-corrected chi connectivity index (χ2v) is 3.95. The van der Waals surface area contributed by atoms with Crippen molar-refractivity contribution in [2.24, 2.45) is 7.05 Å². The minimum atomic E-state index is -0.995. The van der Waals surface area contributed by atoms with Crippen LogP contribution in [0.15, 0.2) is 6.20 Å². The molecule has 0 radical (unpaired) electrons. The Hall–Kier alpha value is -1.85. The van der Waals surface area contributed by atoms with Crippen molar-refractivity contribution in [1.82, 2.24) is 14.7 Å². The van der Waals surface area contributed by atoms with Gasteiger partial charge in [-0.25, -0.2) is 4.79 Å². The van der Waals surface area contributed by atoms with Gasteiger partial charge < -0.3 is 10.0 Å². The molecule has 0 aromatic carbocycles. The number of hydrogen-bond donors (Lipinski definition) is 1. The van der Waals surface area contributed by atoms with Crippen molar-refractivity contribution in [2.45, 2.75) is 26.3 Å². The van der Waals surface area contributed by atoms with E-state index in [0.29, 0.717) is 12.0 Å². The first kappa shape index (κ1) is 13.2. The normalized spacial score (nSPS) is 12.2. The zero-order valence-electron chi connectivity index (χ0n) is 10.5. The van der Waals surface area contributed by atoms with Crippen LogP contribution in [-0.2, 0) is 11.8 Å². The molecule has 1 aromatic heterocycles. The van der Waals surface area contributed by atoms with Gasteiger partial charge in [0, 0.05) is 19.8 Å². The molecule has 1 N–H and O–H groups in total. The largest absolute Gasteiger partial charge is 0.480 e. The summed E-state index contributed by atoms with van der Waals surface area (Å²) in [7, 11) is 3.23. The van der Waals surface area contributed by atoms with E-state index in [1.165, 1.54) is 18.1 Å². The number of amides is 1. The average Bonchev–Trinajstić information content (AvgIpc) is 2.59. The van der Waals surface area contributed by atoms with Crippen molar-refractivity contribution >= 4 is 11.9 Å². The highest BCUT2D eigenvalue weighted by Crippen LogP contribution is 2.12. The number of nitrogens with zero attached hydrogens (tertiary/aromatic N) is 3. The Labute approximate surface area is 99.8 Å². The fraction of sp³-hybridized carbons (Fsp3) is 0.545. The van der Waals surface area contributed by atoms with E-state index in [0.717, 1.165) is 5.69 Å². The summed E-state index contributed by atoms with van der Waals surface area (Å²) >= 11 is 0. The van der Waals surface area contributed by atoms with Gasteiger partial charge in [0.25, 0.3) is 5.91 Å². The number of aryl methyl sites for hydroxylation is 1. The number of likely N-dealkylation sites (N-methyl/N-ethyl adjacent to an activating group) is 1. The first-order valence-electron chi connectivity index (χ1n) is 5.38. The second-order valence-electron chi connectivity index (χ2n) is 3.95.